The van der Waals surface area contributed by atoms with Crippen molar-refractivity contribution >= 4 is 0 Å². The summed E-state index contributed by atoms with van der Waals surface area (Å²) in [5.41, 5.74) is 3.03. The Balaban J connectivity index is 1.81. The lowest BCUT2D eigenvalue weighted by Crippen LogP contribution is -2.09. The molecule has 0 aromatic heterocycles. The molecule has 0 aliphatic heterocycles. The highest BCUT2D eigenvalue weighted by Crippen LogP contribution is 2.25. The Morgan fingerprint density at radius 3 is 2.76 bits per heavy atom. The third-order valence-electron chi connectivity index (χ3n) is 3.41. The van der Waals surface area contributed by atoms with Gasteiger partial charge in [-0.25, -0.2) is 0 Å². The fourth-order valence-corrected chi connectivity index (χ4v) is 2.39. The first-order chi connectivity index (χ1) is 8.40. The van der Waals surface area contributed by atoms with E-state index in [-0.39, 0.29) is 0 Å². The largest absolute Gasteiger partial charge is 0.494 e. The van der Waals surface area contributed by atoms with Crippen LogP contribution < -0.4 is 10.1 Å². The molecule has 17 heavy (non-hydrogen) atoms. The molecule has 2 nitrogen and oxygen atoms in total. The minimum atomic E-state index is 0.834. The fraction of sp³-hybridized carbons (Fsp3) is 0.600. The van der Waals surface area contributed by atoms with Crippen LogP contribution in [0.15, 0.2) is 18.2 Å². The van der Waals surface area contributed by atoms with Gasteiger partial charge in [-0.15, -0.1) is 0 Å². The minimum absolute atomic E-state index is 0.834. The van der Waals surface area contributed by atoms with Crippen molar-refractivity contribution in [2.45, 2.75) is 38.5 Å². The van der Waals surface area contributed by atoms with Crippen molar-refractivity contribution in [2.75, 3.05) is 20.2 Å². The van der Waals surface area contributed by atoms with E-state index in [4.69, 9.17) is 4.74 Å². The number of hydrogen-bond donors (Lipinski definition) is 1. The van der Waals surface area contributed by atoms with Crippen LogP contribution in [0, 0.1) is 0 Å². The highest BCUT2D eigenvalue weighted by molar-refractivity contribution is 5.37. The molecule has 0 spiro atoms. The predicted octanol–water partition coefficient (Wildman–Crippen LogP) is 2.94. The normalized spacial score (nSPS) is 14.4. The number of unbranched alkanes of at least 4 members (excludes halogenated alkanes) is 1. The monoisotopic (exact) mass is 233 g/mol. The third kappa shape index (κ3) is 3.74. The van der Waals surface area contributed by atoms with Gasteiger partial charge in [0.2, 0.25) is 0 Å². The van der Waals surface area contributed by atoms with E-state index < -0.39 is 0 Å². The summed E-state index contributed by atoms with van der Waals surface area (Å²) in [5.74, 6) is 1.05. The molecule has 0 unspecified atom stereocenters. The second-order valence-corrected chi connectivity index (χ2v) is 4.80. The van der Waals surface area contributed by atoms with Crippen LogP contribution in [0.25, 0.3) is 0 Å². The number of ether oxygens (including phenoxy) is 1. The number of nitrogens with one attached hydrogen (secondary N) is 1. The Labute approximate surface area is 104 Å². The molecule has 1 aromatic carbocycles. The third-order valence-corrected chi connectivity index (χ3v) is 3.41. The highest BCUT2D eigenvalue weighted by atomic mass is 16.5. The number of benzene rings is 1. The van der Waals surface area contributed by atoms with E-state index in [1.54, 1.807) is 0 Å². The summed E-state index contributed by atoms with van der Waals surface area (Å²) in [7, 11) is 1.99. The number of aryl methyl sites for hydroxylation is 2. The fourth-order valence-electron chi connectivity index (χ4n) is 2.39. The first kappa shape index (κ1) is 12.4. The average molecular weight is 233 g/mol. The average Bonchev–Trinajstić information content (AvgIpc) is 2.38. The van der Waals surface area contributed by atoms with Crippen LogP contribution in [0.4, 0.5) is 0 Å². The van der Waals surface area contributed by atoms with Gasteiger partial charge in [0, 0.05) is 0 Å². The Kier molecular flexibility index (Phi) is 4.87. The molecule has 0 saturated carbocycles. The number of rotatable bonds is 6. The minimum Gasteiger partial charge on any atom is -0.494 e. The van der Waals surface area contributed by atoms with Crippen LogP contribution in [-0.4, -0.2) is 20.2 Å². The molecule has 0 radical (unpaired) electrons. The van der Waals surface area contributed by atoms with Crippen LogP contribution in [-0.2, 0) is 12.8 Å². The molecule has 0 atom stereocenters. The molecular formula is C15H23NO. The smallest absolute Gasteiger partial charge is 0.119 e. The van der Waals surface area contributed by atoms with Gasteiger partial charge in [0.1, 0.15) is 5.75 Å². The Bertz CT molecular complexity index is 349. The molecule has 1 aliphatic carbocycles. The van der Waals surface area contributed by atoms with Crippen molar-refractivity contribution in [2.24, 2.45) is 0 Å². The molecule has 2 rings (SSSR count). The summed E-state index contributed by atoms with van der Waals surface area (Å²) in [4.78, 5) is 0. The van der Waals surface area contributed by atoms with Gasteiger partial charge in [-0.05, 0) is 75.4 Å². The molecule has 0 saturated heterocycles. The van der Waals surface area contributed by atoms with Gasteiger partial charge < -0.3 is 10.1 Å². The molecule has 0 amide bonds. The molecule has 1 aromatic rings. The van der Waals surface area contributed by atoms with Crippen molar-refractivity contribution in [3.63, 3.8) is 0 Å². The Morgan fingerprint density at radius 2 is 1.94 bits per heavy atom. The van der Waals surface area contributed by atoms with Gasteiger partial charge in [0.05, 0.1) is 6.61 Å². The van der Waals surface area contributed by atoms with E-state index in [0.29, 0.717) is 0 Å². The van der Waals surface area contributed by atoms with E-state index in [9.17, 15) is 0 Å². The second-order valence-electron chi connectivity index (χ2n) is 4.80. The number of hydrogen-bond acceptors (Lipinski definition) is 2. The van der Waals surface area contributed by atoms with E-state index in [0.717, 1.165) is 25.3 Å². The molecule has 0 heterocycles. The molecule has 1 aliphatic rings. The SMILES string of the molecule is CNCCCCOc1ccc2c(c1)CCCC2. The van der Waals surface area contributed by atoms with Crippen LogP contribution in [0.5, 0.6) is 5.75 Å². The Hall–Kier alpha value is -1.02. The van der Waals surface area contributed by atoms with Crippen LogP contribution in [0.1, 0.15) is 36.8 Å². The lowest BCUT2D eigenvalue weighted by molar-refractivity contribution is 0.306. The van der Waals surface area contributed by atoms with Crippen molar-refractivity contribution in [3.8, 4) is 5.75 Å². The molecule has 1 N–H and O–H groups in total. The standard InChI is InChI=1S/C15H23NO/c1-16-10-4-5-11-17-15-9-8-13-6-2-3-7-14(13)12-15/h8-9,12,16H,2-7,10-11H2,1H3. The molecule has 0 bridgehead atoms. The summed E-state index contributed by atoms with van der Waals surface area (Å²) in [5, 5.41) is 3.15. The zero-order valence-corrected chi connectivity index (χ0v) is 10.8. The van der Waals surface area contributed by atoms with Crippen molar-refractivity contribution in [1.29, 1.82) is 0 Å². The van der Waals surface area contributed by atoms with Crippen LogP contribution in [0.2, 0.25) is 0 Å². The van der Waals surface area contributed by atoms with Gasteiger partial charge in [0.15, 0.2) is 0 Å². The highest BCUT2D eigenvalue weighted by Gasteiger charge is 2.09. The van der Waals surface area contributed by atoms with Crippen molar-refractivity contribution < 1.29 is 4.74 Å². The van der Waals surface area contributed by atoms with Gasteiger partial charge >= 0.3 is 0 Å². The lowest BCUT2D eigenvalue weighted by atomic mass is 9.92. The molecule has 94 valence electrons. The maximum Gasteiger partial charge on any atom is 0.119 e. The first-order valence-corrected chi connectivity index (χ1v) is 6.79. The summed E-state index contributed by atoms with van der Waals surface area (Å²) in [6, 6.07) is 6.62. The van der Waals surface area contributed by atoms with Crippen LogP contribution >= 0.6 is 0 Å². The number of fused-ring (bicyclic) bond motifs is 1. The van der Waals surface area contributed by atoms with Gasteiger partial charge in [-0.3, -0.25) is 0 Å². The molecule has 0 fully saturated rings. The van der Waals surface area contributed by atoms with Gasteiger partial charge in [-0.1, -0.05) is 6.07 Å². The van der Waals surface area contributed by atoms with Gasteiger partial charge in [-0.2, -0.15) is 0 Å². The first-order valence-electron chi connectivity index (χ1n) is 6.79. The summed E-state index contributed by atoms with van der Waals surface area (Å²) < 4.78 is 5.79. The summed E-state index contributed by atoms with van der Waals surface area (Å²) in [6.45, 7) is 1.91. The summed E-state index contributed by atoms with van der Waals surface area (Å²) in [6.07, 6.45) is 7.46. The quantitative estimate of drug-likeness (QED) is 0.763. The van der Waals surface area contributed by atoms with Gasteiger partial charge in [0.25, 0.3) is 0 Å². The molecule has 2 heteroatoms. The maximum absolute atomic E-state index is 5.79. The zero-order chi connectivity index (χ0) is 11.9. The molecular weight excluding hydrogens is 210 g/mol. The van der Waals surface area contributed by atoms with Crippen molar-refractivity contribution in [3.05, 3.63) is 29.3 Å². The van der Waals surface area contributed by atoms with E-state index in [2.05, 4.69) is 23.5 Å². The Morgan fingerprint density at radius 1 is 1.12 bits per heavy atom. The topological polar surface area (TPSA) is 21.3 Å². The zero-order valence-electron chi connectivity index (χ0n) is 10.8. The predicted molar refractivity (Wildman–Crippen MR) is 71.7 cm³/mol. The van der Waals surface area contributed by atoms with E-state index in [1.807, 2.05) is 7.05 Å². The second kappa shape index (κ2) is 6.65. The van der Waals surface area contributed by atoms with E-state index >= 15 is 0 Å². The lowest BCUT2D eigenvalue weighted by Gasteiger charge is -2.16. The van der Waals surface area contributed by atoms with Crippen molar-refractivity contribution in [1.82, 2.24) is 5.32 Å². The maximum atomic E-state index is 5.79. The summed E-state index contributed by atoms with van der Waals surface area (Å²) >= 11 is 0. The van der Waals surface area contributed by atoms with E-state index in [1.165, 1.54) is 43.2 Å². The van der Waals surface area contributed by atoms with Crippen LogP contribution in [0.3, 0.4) is 0 Å².